The zero-order valence-electron chi connectivity index (χ0n) is 28.1. The van der Waals surface area contributed by atoms with Gasteiger partial charge in [0.2, 0.25) is 0 Å². The molecule has 0 spiro atoms. The van der Waals surface area contributed by atoms with E-state index < -0.39 is 41.2 Å². The maximum absolute atomic E-state index is 13.4. The third kappa shape index (κ3) is 7.60. The largest absolute Gasteiger partial charge is 0.443 e. The van der Waals surface area contributed by atoms with Crippen LogP contribution in [-0.4, -0.2) is 91.8 Å². The number of methoxy groups -OCH3 is 1. The average molecular weight is 678 g/mol. The lowest BCUT2D eigenvalue weighted by Crippen LogP contribution is -2.38. The minimum atomic E-state index is -1.37. The molecule has 1 aliphatic carbocycles. The van der Waals surface area contributed by atoms with Gasteiger partial charge in [-0.2, -0.15) is 5.10 Å². The van der Waals surface area contributed by atoms with Crippen molar-refractivity contribution in [1.82, 2.24) is 24.2 Å². The number of hydrogen-bond donors (Lipinski definition) is 2. The fraction of sp³-hybridized carbons (Fsp3) is 0.500. The van der Waals surface area contributed by atoms with Crippen molar-refractivity contribution in [2.45, 2.75) is 83.2 Å². The van der Waals surface area contributed by atoms with Crippen LogP contribution in [0.25, 0.3) is 11.0 Å². The van der Waals surface area contributed by atoms with Crippen LogP contribution in [0.4, 0.5) is 10.6 Å². The van der Waals surface area contributed by atoms with Crippen LogP contribution in [0.1, 0.15) is 87.6 Å². The van der Waals surface area contributed by atoms with Gasteiger partial charge >= 0.3 is 6.09 Å². The number of ether oxygens (including phenoxy) is 2. The van der Waals surface area contributed by atoms with Crippen molar-refractivity contribution < 1.29 is 29.0 Å². The quantitative estimate of drug-likeness (QED) is 0.374. The van der Waals surface area contributed by atoms with Gasteiger partial charge in [0.15, 0.2) is 11.5 Å². The zero-order valence-corrected chi connectivity index (χ0v) is 28.9. The molecular formula is C34H40ClN7O6. The Balaban J connectivity index is 1.60. The molecule has 254 valence electrons. The van der Waals surface area contributed by atoms with Gasteiger partial charge < -0.3 is 29.8 Å². The first-order valence-corrected chi connectivity index (χ1v) is 16.0. The van der Waals surface area contributed by atoms with E-state index in [0.29, 0.717) is 23.0 Å². The molecule has 1 aliphatic heterocycles. The third-order valence-electron chi connectivity index (χ3n) is 7.87. The van der Waals surface area contributed by atoms with Gasteiger partial charge in [0, 0.05) is 32.3 Å². The summed E-state index contributed by atoms with van der Waals surface area (Å²) in [6.45, 7) is 8.44. The molecule has 13 nitrogen and oxygen atoms in total. The molecule has 2 aromatic heterocycles. The average Bonchev–Trinajstić information content (AvgIpc) is 3.43. The van der Waals surface area contributed by atoms with Crippen molar-refractivity contribution in [3.63, 3.8) is 0 Å². The molecule has 3 heterocycles. The highest BCUT2D eigenvalue weighted by molar-refractivity contribution is 6.32. The zero-order chi connectivity index (χ0) is 35.1. The molecule has 2 fully saturated rings. The lowest BCUT2D eigenvalue weighted by molar-refractivity contribution is -0.126. The molecule has 0 unspecified atom stereocenters. The Hall–Kier alpha value is -4.56. The smallest absolute Gasteiger partial charge is 0.415 e. The van der Waals surface area contributed by atoms with Crippen molar-refractivity contribution in [2.24, 2.45) is 5.73 Å². The molecule has 1 saturated heterocycles. The summed E-state index contributed by atoms with van der Waals surface area (Å²) >= 11 is 6.66. The van der Waals surface area contributed by atoms with Crippen molar-refractivity contribution in [1.29, 1.82) is 0 Å². The molecule has 3 aromatic rings. The number of anilines is 1. The number of likely N-dealkylation sites (tertiary alicyclic amines) is 1. The molecule has 0 bridgehead atoms. The molecular weight excluding hydrogens is 638 g/mol. The van der Waals surface area contributed by atoms with Gasteiger partial charge in [-0.3, -0.25) is 14.5 Å². The van der Waals surface area contributed by atoms with Crippen molar-refractivity contribution in [3.8, 4) is 23.7 Å². The van der Waals surface area contributed by atoms with Gasteiger partial charge in [-0.1, -0.05) is 23.4 Å². The van der Waals surface area contributed by atoms with Gasteiger partial charge in [-0.25, -0.2) is 14.5 Å². The maximum atomic E-state index is 13.4. The fourth-order valence-electron chi connectivity index (χ4n) is 5.59. The predicted molar refractivity (Wildman–Crippen MR) is 179 cm³/mol. The van der Waals surface area contributed by atoms with E-state index in [-0.39, 0.29) is 30.2 Å². The first-order chi connectivity index (χ1) is 22.5. The second kappa shape index (κ2) is 13.2. The predicted octanol–water partition coefficient (Wildman–Crippen LogP) is 3.65. The summed E-state index contributed by atoms with van der Waals surface area (Å²) in [5, 5.41) is 15.2. The summed E-state index contributed by atoms with van der Waals surface area (Å²) in [5.41, 5.74) is 5.75. The van der Waals surface area contributed by atoms with Gasteiger partial charge in [0.1, 0.15) is 16.8 Å². The van der Waals surface area contributed by atoms with E-state index in [1.165, 1.54) is 37.6 Å². The van der Waals surface area contributed by atoms with Crippen LogP contribution >= 0.6 is 11.6 Å². The maximum Gasteiger partial charge on any atom is 0.415 e. The standard InChI is InChI=1S/C34H40ClN7O6/c1-33(2,3)48-32(45)39(6)31-29(30(36)44)25(11-8-20-14-26-27(16-24(20)35)41(19-37-26)21-9-10-21)38-42(31)22-15-23(18-47-7)40(17-22)28(43)12-13-34(4,5)46/h14,16,19,21-23,46H,9-10,15,17-18H2,1-7H3,(H2,36,44)/t22-,23+/m0/s1. The first kappa shape index (κ1) is 34.8. The van der Waals surface area contributed by atoms with Gasteiger partial charge in [-0.05, 0) is 77.9 Å². The number of aromatic nitrogens is 4. The number of carbonyl (C=O) groups excluding carboxylic acids is 3. The lowest BCUT2D eigenvalue weighted by Gasteiger charge is -2.26. The summed E-state index contributed by atoms with van der Waals surface area (Å²) in [5.74, 6) is 9.72. The molecule has 1 saturated carbocycles. The Kier molecular flexibility index (Phi) is 9.53. The number of nitrogens with zero attached hydrogens (tertiary/aromatic N) is 6. The Morgan fingerprint density at radius 1 is 1.15 bits per heavy atom. The summed E-state index contributed by atoms with van der Waals surface area (Å²) in [6.07, 6.45) is 3.58. The summed E-state index contributed by atoms with van der Waals surface area (Å²) < 4.78 is 14.6. The van der Waals surface area contributed by atoms with E-state index in [1.54, 1.807) is 33.2 Å². The molecule has 2 atom stereocenters. The number of benzene rings is 1. The van der Waals surface area contributed by atoms with Crippen LogP contribution in [0.2, 0.25) is 5.02 Å². The number of primary amides is 1. The van der Waals surface area contributed by atoms with E-state index in [4.69, 9.17) is 31.9 Å². The minimum absolute atomic E-state index is 0.0162. The number of fused-ring (bicyclic) bond motifs is 1. The molecule has 5 rings (SSSR count). The van der Waals surface area contributed by atoms with Crippen LogP contribution in [0, 0.1) is 23.7 Å². The number of halogens is 1. The van der Waals surface area contributed by atoms with E-state index >= 15 is 0 Å². The Morgan fingerprint density at radius 3 is 2.46 bits per heavy atom. The van der Waals surface area contributed by atoms with E-state index in [0.717, 1.165) is 28.8 Å². The molecule has 3 N–H and O–H groups in total. The highest BCUT2D eigenvalue weighted by atomic mass is 35.5. The normalized spacial score (nSPS) is 17.8. The summed E-state index contributed by atoms with van der Waals surface area (Å²) in [6, 6.07) is 3.06. The second-order valence-electron chi connectivity index (χ2n) is 13.6. The van der Waals surface area contributed by atoms with Gasteiger partial charge in [-0.15, -0.1) is 0 Å². The molecule has 2 aliphatic rings. The number of carbonyl (C=O) groups is 3. The third-order valence-corrected chi connectivity index (χ3v) is 8.18. The molecule has 0 radical (unpaired) electrons. The van der Waals surface area contributed by atoms with Crippen LogP contribution < -0.4 is 10.6 Å². The van der Waals surface area contributed by atoms with Crippen molar-refractivity contribution >= 4 is 46.4 Å². The minimum Gasteiger partial charge on any atom is -0.443 e. The van der Waals surface area contributed by atoms with Crippen molar-refractivity contribution in [2.75, 3.05) is 32.2 Å². The molecule has 3 amide bonds. The molecule has 48 heavy (non-hydrogen) atoms. The Morgan fingerprint density at radius 2 is 1.85 bits per heavy atom. The van der Waals surface area contributed by atoms with Crippen LogP contribution in [-0.2, 0) is 14.3 Å². The molecule has 1 aromatic carbocycles. The monoisotopic (exact) mass is 677 g/mol. The number of nitrogens with two attached hydrogens (primary N) is 1. The lowest BCUT2D eigenvalue weighted by atomic mass is 10.1. The van der Waals surface area contributed by atoms with E-state index in [2.05, 4.69) is 33.2 Å². The van der Waals surface area contributed by atoms with Crippen LogP contribution in [0.3, 0.4) is 0 Å². The number of rotatable bonds is 6. The van der Waals surface area contributed by atoms with E-state index in [9.17, 15) is 19.5 Å². The van der Waals surface area contributed by atoms with Gasteiger partial charge in [0.25, 0.3) is 11.8 Å². The number of hydrogen-bond acceptors (Lipinski definition) is 8. The number of amides is 3. The SMILES string of the molecule is COC[C@H]1C[C@H](n2nc(C#Cc3cc4ncn(C5CC5)c4cc3Cl)c(C(N)=O)c2N(C)C(=O)OC(C)(C)C)CN1C(=O)C#CC(C)(C)O. The number of aliphatic hydroxyl groups is 1. The molecule has 14 heteroatoms. The van der Waals surface area contributed by atoms with Crippen LogP contribution in [0.5, 0.6) is 0 Å². The Labute approximate surface area is 284 Å². The van der Waals surface area contributed by atoms with Gasteiger partial charge in [0.05, 0.1) is 41.1 Å². The highest BCUT2D eigenvalue weighted by Gasteiger charge is 2.40. The van der Waals surface area contributed by atoms with E-state index in [1.807, 2.05) is 6.07 Å². The summed E-state index contributed by atoms with van der Waals surface area (Å²) in [7, 11) is 2.97. The van der Waals surface area contributed by atoms with Crippen molar-refractivity contribution in [3.05, 3.63) is 40.3 Å². The first-order valence-electron chi connectivity index (χ1n) is 15.6. The highest BCUT2D eigenvalue weighted by Crippen LogP contribution is 2.38. The Bertz CT molecular complexity index is 1890. The topological polar surface area (TPSA) is 158 Å². The second-order valence-corrected chi connectivity index (χ2v) is 14.0. The fourth-order valence-corrected chi connectivity index (χ4v) is 5.80. The van der Waals surface area contributed by atoms with Crippen LogP contribution in [0.15, 0.2) is 18.5 Å². The summed E-state index contributed by atoms with van der Waals surface area (Å²) in [4.78, 5) is 46.8. The number of imidazole rings is 1.